The molecule has 0 heterocycles. The van der Waals surface area contributed by atoms with Crippen LogP contribution in [0.25, 0.3) is 6.08 Å². The molecule has 3 aromatic carbocycles. The van der Waals surface area contributed by atoms with Gasteiger partial charge in [0, 0.05) is 5.69 Å². The molecule has 0 aliphatic carbocycles. The van der Waals surface area contributed by atoms with Gasteiger partial charge in [-0.1, -0.05) is 12.1 Å². The lowest BCUT2D eigenvalue weighted by atomic mass is 10.1. The van der Waals surface area contributed by atoms with Gasteiger partial charge in [-0.15, -0.1) is 0 Å². The Morgan fingerprint density at radius 3 is 2.35 bits per heavy atom. The topological polar surface area (TPSA) is 126 Å². The number of nitriles is 1. The van der Waals surface area contributed by atoms with Crippen LogP contribution in [0.4, 0.5) is 10.1 Å². The number of esters is 1. The molecule has 0 bridgehead atoms. The predicted molar refractivity (Wildman–Crippen MR) is 120 cm³/mol. The number of carboxylic acid groups (broad SMARTS) is 1. The van der Waals surface area contributed by atoms with Gasteiger partial charge >= 0.3 is 11.9 Å². The molecule has 0 atom stereocenters. The van der Waals surface area contributed by atoms with E-state index in [0.717, 1.165) is 6.07 Å². The first-order valence-electron chi connectivity index (χ1n) is 9.73. The van der Waals surface area contributed by atoms with Gasteiger partial charge in [0.05, 0.1) is 18.2 Å². The van der Waals surface area contributed by atoms with E-state index in [1.54, 1.807) is 6.07 Å². The third-order valence-electron chi connectivity index (χ3n) is 4.52. The number of hydrogen-bond donors (Lipinski definition) is 2. The van der Waals surface area contributed by atoms with E-state index in [1.165, 1.54) is 73.8 Å². The number of carbonyl (C=O) groups is 3. The lowest BCUT2D eigenvalue weighted by Gasteiger charge is -2.10. The van der Waals surface area contributed by atoms with E-state index < -0.39 is 23.7 Å². The maximum atomic E-state index is 13.4. The number of halogens is 1. The van der Waals surface area contributed by atoms with Gasteiger partial charge in [0.25, 0.3) is 5.91 Å². The molecule has 34 heavy (non-hydrogen) atoms. The minimum absolute atomic E-state index is 0.0193. The highest BCUT2D eigenvalue weighted by Gasteiger charge is 2.15. The monoisotopic (exact) mass is 460 g/mol. The number of benzene rings is 3. The highest BCUT2D eigenvalue weighted by atomic mass is 19.1. The molecular formula is C25H17FN2O6. The van der Waals surface area contributed by atoms with Crippen LogP contribution < -0.4 is 14.8 Å². The molecule has 0 saturated carbocycles. The van der Waals surface area contributed by atoms with Crippen molar-refractivity contribution in [1.82, 2.24) is 0 Å². The predicted octanol–water partition coefficient (Wildman–Crippen LogP) is 4.30. The second-order valence-corrected chi connectivity index (χ2v) is 6.82. The summed E-state index contributed by atoms with van der Waals surface area (Å²) in [5, 5.41) is 20.9. The first-order valence-corrected chi connectivity index (χ1v) is 9.73. The van der Waals surface area contributed by atoms with E-state index in [4.69, 9.17) is 14.6 Å². The second kappa shape index (κ2) is 10.6. The summed E-state index contributed by atoms with van der Waals surface area (Å²) >= 11 is 0. The Morgan fingerprint density at radius 1 is 1.00 bits per heavy atom. The third-order valence-corrected chi connectivity index (χ3v) is 4.52. The van der Waals surface area contributed by atoms with Crippen LogP contribution in [0.2, 0.25) is 0 Å². The van der Waals surface area contributed by atoms with Gasteiger partial charge in [0.15, 0.2) is 11.5 Å². The standard InChI is InChI=1S/C25H17FN2O6/c1-33-22-12-15(5-10-21(22)34-25(32)17-3-2-4-19(26)13-17)11-18(14-27)23(29)28-20-8-6-16(7-9-20)24(30)31/h2-13H,1H3,(H,28,29)(H,30,31)/b18-11+. The minimum Gasteiger partial charge on any atom is -0.493 e. The molecule has 8 nitrogen and oxygen atoms in total. The average molecular weight is 460 g/mol. The quantitative estimate of drug-likeness (QED) is 0.233. The number of ether oxygens (including phenoxy) is 2. The number of hydrogen-bond acceptors (Lipinski definition) is 6. The number of rotatable bonds is 7. The maximum Gasteiger partial charge on any atom is 0.343 e. The normalized spacial score (nSPS) is 10.7. The fourth-order valence-corrected chi connectivity index (χ4v) is 2.84. The summed E-state index contributed by atoms with van der Waals surface area (Å²) in [5.74, 6) is -2.95. The van der Waals surface area contributed by atoms with Crippen molar-refractivity contribution in [2.75, 3.05) is 12.4 Å². The molecule has 1 amide bonds. The molecule has 0 unspecified atom stereocenters. The lowest BCUT2D eigenvalue weighted by molar-refractivity contribution is -0.112. The van der Waals surface area contributed by atoms with Crippen LogP contribution in [0.5, 0.6) is 11.5 Å². The zero-order chi connectivity index (χ0) is 24.7. The zero-order valence-electron chi connectivity index (χ0n) is 17.7. The van der Waals surface area contributed by atoms with Gasteiger partial charge in [-0.25, -0.2) is 14.0 Å². The first kappa shape index (κ1) is 23.7. The Bertz CT molecular complexity index is 1330. The average Bonchev–Trinajstić information content (AvgIpc) is 2.83. The smallest absolute Gasteiger partial charge is 0.343 e. The van der Waals surface area contributed by atoms with E-state index in [-0.39, 0.29) is 28.2 Å². The molecule has 2 N–H and O–H groups in total. The Labute approximate surface area is 193 Å². The van der Waals surface area contributed by atoms with Crippen molar-refractivity contribution >= 4 is 29.6 Å². The number of aromatic carboxylic acids is 1. The van der Waals surface area contributed by atoms with Crippen LogP contribution >= 0.6 is 0 Å². The fourth-order valence-electron chi connectivity index (χ4n) is 2.84. The Kier molecular flexibility index (Phi) is 7.36. The van der Waals surface area contributed by atoms with E-state index in [0.29, 0.717) is 11.3 Å². The first-order chi connectivity index (χ1) is 16.3. The number of amides is 1. The lowest BCUT2D eigenvalue weighted by Crippen LogP contribution is -2.13. The van der Waals surface area contributed by atoms with Crippen molar-refractivity contribution in [3.8, 4) is 17.6 Å². The summed E-state index contributed by atoms with van der Waals surface area (Å²) < 4.78 is 23.9. The second-order valence-electron chi connectivity index (χ2n) is 6.82. The van der Waals surface area contributed by atoms with Crippen molar-refractivity contribution in [2.45, 2.75) is 0 Å². The van der Waals surface area contributed by atoms with Gasteiger partial charge in [0.2, 0.25) is 0 Å². The number of methoxy groups -OCH3 is 1. The molecule has 0 aliphatic heterocycles. The summed E-state index contributed by atoms with van der Waals surface area (Å²) in [6.45, 7) is 0. The third kappa shape index (κ3) is 5.83. The maximum absolute atomic E-state index is 13.4. The zero-order valence-corrected chi connectivity index (χ0v) is 17.7. The van der Waals surface area contributed by atoms with Crippen LogP contribution in [0.15, 0.2) is 72.3 Å². The van der Waals surface area contributed by atoms with Gasteiger partial charge in [-0.05, 0) is 66.2 Å². The SMILES string of the molecule is COc1cc(/C=C(\C#N)C(=O)Nc2ccc(C(=O)O)cc2)ccc1OC(=O)c1cccc(F)c1. The summed E-state index contributed by atoms with van der Waals surface area (Å²) in [7, 11) is 1.35. The molecule has 9 heteroatoms. The van der Waals surface area contributed by atoms with Crippen molar-refractivity contribution in [3.05, 3.63) is 94.8 Å². The highest BCUT2D eigenvalue weighted by molar-refractivity contribution is 6.09. The summed E-state index contributed by atoms with van der Waals surface area (Å²) in [5.41, 5.74) is 0.572. The van der Waals surface area contributed by atoms with E-state index in [1.807, 2.05) is 0 Å². The minimum atomic E-state index is -1.10. The van der Waals surface area contributed by atoms with E-state index >= 15 is 0 Å². The number of nitrogens with zero attached hydrogens (tertiary/aromatic N) is 1. The Morgan fingerprint density at radius 2 is 1.74 bits per heavy atom. The number of nitrogens with one attached hydrogen (secondary N) is 1. The molecule has 0 saturated heterocycles. The van der Waals surface area contributed by atoms with Crippen LogP contribution in [0, 0.1) is 17.1 Å². The molecule has 170 valence electrons. The molecule has 0 aromatic heterocycles. The van der Waals surface area contributed by atoms with Crippen LogP contribution in [0.1, 0.15) is 26.3 Å². The summed E-state index contributed by atoms with van der Waals surface area (Å²) in [6.07, 6.45) is 1.31. The van der Waals surface area contributed by atoms with Crippen LogP contribution in [-0.4, -0.2) is 30.1 Å². The fraction of sp³-hybridized carbons (Fsp3) is 0.0400. The Hall–Kier alpha value is -4.97. The highest BCUT2D eigenvalue weighted by Crippen LogP contribution is 2.30. The molecule has 0 fully saturated rings. The molecule has 3 aromatic rings. The molecular weight excluding hydrogens is 443 g/mol. The van der Waals surface area contributed by atoms with Crippen molar-refractivity contribution in [2.24, 2.45) is 0 Å². The largest absolute Gasteiger partial charge is 0.493 e. The molecule has 0 spiro atoms. The molecule has 0 radical (unpaired) electrons. The van der Waals surface area contributed by atoms with E-state index in [9.17, 15) is 24.0 Å². The Balaban J connectivity index is 1.78. The summed E-state index contributed by atoms with van der Waals surface area (Å²) in [6, 6.07) is 16.7. The number of anilines is 1. The van der Waals surface area contributed by atoms with Gasteiger partial charge < -0.3 is 19.9 Å². The van der Waals surface area contributed by atoms with Crippen molar-refractivity contribution in [3.63, 3.8) is 0 Å². The molecule has 0 aliphatic rings. The van der Waals surface area contributed by atoms with Gasteiger partial charge in [-0.3, -0.25) is 4.79 Å². The number of carboxylic acids is 1. The van der Waals surface area contributed by atoms with Crippen LogP contribution in [-0.2, 0) is 4.79 Å². The number of carbonyl (C=O) groups excluding carboxylic acids is 2. The van der Waals surface area contributed by atoms with Gasteiger partial charge in [-0.2, -0.15) is 5.26 Å². The van der Waals surface area contributed by atoms with Crippen molar-refractivity contribution < 1.29 is 33.4 Å². The van der Waals surface area contributed by atoms with Crippen LogP contribution in [0.3, 0.4) is 0 Å². The molecule has 3 rings (SSSR count). The van der Waals surface area contributed by atoms with Crippen molar-refractivity contribution in [1.29, 1.82) is 5.26 Å². The van der Waals surface area contributed by atoms with Gasteiger partial charge in [0.1, 0.15) is 17.5 Å². The summed E-state index contributed by atoms with van der Waals surface area (Å²) in [4.78, 5) is 35.7. The van der Waals surface area contributed by atoms with E-state index in [2.05, 4.69) is 5.32 Å².